The summed E-state index contributed by atoms with van der Waals surface area (Å²) in [7, 11) is 0. The molecule has 4 rings (SSSR count). The quantitative estimate of drug-likeness (QED) is 0.744. The number of piperidine rings is 1. The van der Waals surface area contributed by atoms with Crippen LogP contribution in [0.25, 0.3) is 5.69 Å². The van der Waals surface area contributed by atoms with Gasteiger partial charge in [-0.05, 0) is 73.3 Å². The Bertz CT molecular complexity index is 813. The minimum Gasteiger partial charge on any atom is -0.381 e. The summed E-state index contributed by atoms with van der Waals surface area (Å²) < 4.78 is 8.54. The van der Waals surface area contributed by atoms with Crippen molar-refractivity contribution >= 4 is 21.8 Å². The predicted molar refractivity (Wildman–Crippen MR) is 104 cm³/mol. The molecular weight excluding hydrogens is 394 g/mol. The summed E-state index contributed by atoms with van der Waals surface area (Å²) in [6.45, 7) is 6.41. The number of hydrogen-bond acceptors (Lipinski definition) is 3. The summed E-state index contributed by atoms with van der Waals surface area (Å²) in [4.78, 5) is 15.2. The van der Waals surface area contributed by atoms with Gasteiger partial charge >= 0.3 is 0 Å². The van der Waals surface area contributed by atoms with Crippen molar-refractivity contribution in [1.29, 1.82) is 0 Å². The largest absolute Gasteiger partial charge is 0.381 e. The Morgan fingerprint density at radius 3 is 2.69 bits per heavy atom. The first-order valence-corrected chi connectivity index (χ1v) is 10.1. The summed E-state index contributed by atoms with van der Waals surface area (Å²) in [6, 6.07) is 8.13. The van der Waals surface area contributed by atoms with E-state index in [1.54, 1.807) is 0 Å². The third-order valence-electron chi connectivity index (χ3n) is 5.63. The van der Waals surface area contributed by atoms with E-state index in [0.717, 1.165) is 59.7 Å². The number of carbonyl (C=O) groups is 1. The molecule has 3 heterocycles. The van der Waals surface area contributed by atoms with Crippen molar-refractivity contribution in [1.82, 2.24) is 14.7 Å². The van der Waals surface area contributed by atoms with E-state index in [2.05, 4.69) is 25.9 Å². The fraction of sp³-hybridized carbons (Fsp3) is 0.500. The van der Waals surface area contributed by atoms with Crippen LogP contribution < -0.4 is 0 Å². The minimum atomic E-state index is 0.141. The summed E-state index contributed by atoms with van der Waals surface area (Å²) in [6.07, 6.45) is 3.18. The van der Waals surface area contributed by atoms with Gasteiger partial charge < -0.3 is 9.64 Å². The van der Waals surface area contributed by atoms with Gasteiger partial charge in [-0.2, -0.15) is 5.10 Å². The maximum Gasteiger partial charge on any atom is 0.254 e. The van der Waals surface area contributed by atoms with Gasteiger partial charge in [-0.3, -0.25) is 4.79 Å². The average Bonchev–Trinajstić information content (AvgIpc) is 2.94. The van der Waals surface area contributed by atoms with E-state index in [1.807, 2.05) is 42.8 Å². The van der Waals surface area contributed by atoms with Gasteiger partial charge in [0.25, 0.3) is 5.91 Å². The molecular formula is C20H24BrN3O2. The molecule has 0 bridgehead atoms. The van der Waals surface area contributed by atoms with Crippen LogP contribution in [0.3, 0.4) is 0 Å². The van der Waals surface area contributed by atoms with Gasteiger partial charge in [0, 0.05) is 30.7 Å². The molecule has 2 aromatic rings. The number of amides is 1. The number of carbonyl (C=O) groups excluding carboxylic acids is 1. The Morgan fingerprint density at radius 1 is 1.23 bits per heavy atom. The second-order valence-electron chi connectivity index (χ2n) is 7.28. The van der Waals surface area contributed by atoms with Gasteiger partial charge in [0.1, 0.15) is 0 Å². The molecule has 0 radical (unpaired) electrons. The van der Waals surface area contributed by atoms with Crippen molar-refractivity contribution in [2.75, 3.05) is 19.8 Å². The maximum absolute atomic E-state index is 13.1. The first-order chi connectivity index (χ1) is 12.6. The molecule has 6 heteroatoms. The Labute approximate surface area is 162 Å². The highest BCUT2D eigenvalue weighted by Gasteiger charge is 2.36. The van der Waals surface area contributed by atoms with Crippen molar-refractivity contribution < 1.29 is 9.53 Å². The van der Waals surface area contributed by atoms with Crippen LogP contribution in [0.2, 0.25) is 0 Å². The topological polar surface area (TPSA) is 47.4 Å². The van der Waals surface area contributed by atoms with Gasteiger partial charge in [0.05, 0.1) is 28.2 Å². The SMILES string of the molecule is Cc1nn(-c2ccc(C(=O)N3CCC[C@H]4COCC[C@H]43)cc2)c(C)c1Br. The lowest BCUT2D eigenvalue weighted by Gasteiger charge is -2.43. The molecule has 0 spiro atoms. The molecule has 0 N–H and O–H groups in total. The third kappa shape index (κ3) is 3.09. The number of aryl methyl sites for hydroxylation is 1. The summed E-state index contributed by atoms with van der Waals surface area (Å²) in [5.74, 6) is 0.635. The first-order valence-electron chi connectivity index (χ1n) is 9.27. The molecule has 2 atom stereocenters. The monoisotopic (exact) mass is 417 g/mol. The standard InChI is InChI=1S/C20H24BrN3O2/c1-13-19(21)14(2)24(22-13)17-7-5-15(6-8-17)20(25)23-10-3-4-16-12-26-11-9-18(16)23/h5-8,16,18H,3-4,9-12H2,1-2H3/t16-,18+/m0/s1. The van der Waals surface area contributed by atoms with Gasteiger partial charge in [-0.25, -0.2) is 4.68 Å². The molecule has 1 aromatic heterocycles. The summed E-state index contributed by atoms with van der Waals surface area (Å²) >= 11 is 3.57. The van der Waals surface area contributed by atoms with Crippen LogP contribution in [0, 0.1) is 19.8 Å². The van der Waals surface area contributed by atoms with Crippen LogP contribution in [-0.2, 0) is 4.74 Å². The fourth-order valence-corrected chi connectivity index (χ4v) is 4.45. The van der Waals surface area contributed by atoms with E-state index in [-0.39, 0.29) is 5.91 Å². The molecule has 2 aliphatic rings. The second-order valence-corrected chi connectivity index (χ2v) is 8.07. The summed E-state index contributed by atoms with van der Waals surface area (Å²) in [5.41, 5.74) is 3.74. The average molecular weight is 418 g/mol. The van der Waals surface area contributed by atoms with Crippen molar-refractivity contribution in [3.8, 4) is 5.69 Å². The minimum absolute atomic E-state index is 0.141. The second kappa shape index (κ2) is 7.16. The normalized spacial score (nSPS) is 23.0. The van der Waals surface area contributed by atoms with E-state index in [0.29, 0.717) is 12.0 Å². The van der Waals surface area contributed by atoms with E-state index in [4.69, 9.17) is 4.74 Å². The molecule has 26 heavy (non-hydrogen) atoms. The lowest BCUT2D eigenvalue weighted by atomic mass is 9.86. The van der Waals surface area contributed by atoms with Crippen LogP contribution in [0.5, 0.6) is 0 Å². The van der Waals surface area contributed by atoms with Crippen molar-refractivity contribution in [2.24, 2.45) is 5.92 Å². The molecule has 5 nitrogen and oxygen atoms in total. The van der Waals surface area contributed by atoms with Gasteiger partial charge in [0.2, 0.25) is 0 Å². The highest BCUT2D eigenvalue weighted by atomic mass is 79.9. The number of halogens is 1. The smallest absolute Gasteiger partial charge is 0.254 e. The van der Waals surface area contributed by atoms with E-state index in [1.165, 1.54) is 6.42 Å². The van der Waals surface area contributed by atoms with Crippen molar-refractivity contribution in [3.05, 3.63) is 45.7 Å². The Hall–Kier alpha value is -1.66. The third-order valence-corrected chi connectivity index (χ3v) is 6.78. The zero-order chi connectivity index (χ0) is 18.3. The maximum atomic E-state index is 13.1. The zero-order valence-electron chi connectivity index (χ0n) is 15.2. The van der Waals surface area contributed by atoms with Crippen molar-refractivity contribution in [2.45, 2.75) is 39.2 Å². The number of rotatable bonds is 2. The number of hydrogen-bond donors (Lipinski definition) is 0. The molecule has 1 aromatic carbocycles. The molecule has 2 aliphatic heterocycles. The highest BCUT2D eigenvalue weighted by Crippen LogP contribution is 2.31. The lowest BCUT2D eigenvalue weighted by Crippen LogP contribution is -2.52. The van der Waals surface area contributed by atoms with Crippen LogP contribution in [0.1, 0.15) is 41.0 Å². The molecule has 0 saturated carbocycles. The van der Waals surface area contributed by atoms with Crippen LogP contribution in [-0.4, -0.2) is 46.4 Å². The van der Waals surface area contributed by atoms with Crippen LogP contribution in [0.15, 0.2) is 28.7 Å². The van der Waals surface area contributed by atoms with Gasteiger partial charge in [-0.15, -0.1) is 0 Å². The van der Waals surface area contributed by atoms with Gasteiger partial charge in [-0.1, -0.05) is 0 Å². The molecule has 2 fully saturated rings. The Balaban J connectivity index is 1.56. The molecule has 0 aliphatic carbocycles. The fourth-order valence-electron chi connectivity index (χ4n) is 4.20. The molecule has 1 amide bonds. The first kappa shape index (κ1) is 17.7. The van der Waals surface area contributed by atoms with Crippen LogP contribution >= 0.6 is 15.9 Å². The molecule has 2 saturated heterocycles. The molecule has 0 unspecified atom stereocenters. The number of likely N-dealkylation sites (tertiary alicyclic amines) is 1. The number of benzene rings is 1. The number of nitrogens with zero attached hydrogens (tertiary/aromatic N) is 3. The Kier molecular flexibility index (Phi) is 4.88. The zero-order valence-corrected chi connectivity index (χ0v) is 16.8. The Morgan fingerprint density at radius 2 is 2.00 bits per heavy atom. The van der Waals surface area contributed by atoms with Gasteiger partial charge in [0.15, 0.2) is 0 Å². The highest BCUT2D eigenvalue weighted by molar-refractivity contribution is 9.10. The predicted octanol–water partition coefficient (Wildman–Crippen LogP) is 3.89. The number of aromatic nitrogens is 2. The van der Waals surface area contributed by atoms with E-state index in [9.17, 15) is 4.79 Å². The lowest BCUT2D eigenvalue weighted by molar-refractivity contribution is -0.0271. The van der Waals surface area contributed by atoms with E-state index < -0.39 is 0 Å². The molecule has 138 valence electrons. The number of ether oxygens (including phenoxy) is 1. The van der Waals surface area contributed by atoms with Crippen LogP contribution in [0.4, 0.5) is 0 Å². The van der Waals surface area contributed by atoms with E-state index >= 15 is 0 Å². The summed E-state index contributed by atoms with van der Waals surface area (Å²) in [5, 5.41) is 4.56. The number of fused-ring (bicyclic) bond motifs is 1. The van der Waals surface area contributed by atoms with Crippen molar-refractivity contribution in [3.63, 3.8) is 0 Å².